The highest BCUT2D eigenvalue weighted by Gasteiger charge is 2.45. The molecule has 1 aliphatic carbocycles. The van der Waals surface area contributed by atoms with E-state index in [1.165, 1.54) is 16.7 Å². The van der Waals surface area contributed by atoms with Crippen LogP contribution in [0.25, 0.3) is 0 Å². The summed E-state index contributed by atoms with van der Waals surface area (Å²) in [6.45, 7) is 9.94. The van der Waals surface area contributed by atoms with Crippen LogP contribution in [0.4, 0.5) is 0 Å². The Hall–Kier alpha value is -1.39. The number of amides is 1. The summed E-state index contributed by atoms with van der Waals surface area (Å²) in [6.07, 6.45) is 5.30. The molecule has 4 nitrogen and oxygen atoms in total. The van der Waals surface area contributed by atoms with Crippen LogP contribution < -0.4 is 5.32 Å². The minimum absolute atomic E-state index is 0.232. The molecule has 2 aliphatic rings. The lowest BCUT2D eigenvalue weighted by Gasteiger charge is -2.41. The zero-order chi connectivity index (χ0) is 17.7. The third kappa shape index (κ3) is 4.42. The van der Waals surface area contributed by atoms with Crippen LogP contribution in [-0.2, 0) is 14.9 Å². The molecule has 138 valence electrons. The molecule has 4 heteroatoms. The molecule has 1 amide bonds. The monoisotopic (exact) mass is 344 g/mol. The summed E-state index contributed by atoms with van der Waals surface area (Å²) in [4.78, 5) is 15.3. The summed E-state index contributed by atoms with van der Waals surface area (Å²) < 4.78 is 5.37. The number of rotatable bonds is 7. The van der Waals surface area contributed by atoms with Gasteiger partial charge in [0.15, 0.2) is 0 Å². The average Bonchev–Trinajstić information content (AvgIpc) is 2.53. The summed E-state index contributed by atoms with van der Waals surface area (Å²) in [7, 11) is 0. The van der Waals surface area contributed by atoms with Crippen LogP contribution in [0.3, 0.4) is 0 Å². The number of carbonyl (C=O) groups excluding carboxylic acids is 1. The summed E-state index contributed by atoms with van der Waals surface area (Å²) in [6, 6.07) is 6.58. The molecule has 1 aromatic rings. The van der Waals surface area contributed by atoms with Gasteiger partial charge in [-0.05, 0) is 51.6 Å². The number of nitrogens with one attached hydrogen (secondary N) is 1. The van der Waals surface area contributed by atoms with Gasteiger partial charge in [0.1, 0.15) is 0 Å². The van der Waals surface area contributed by atoms with Crippen molar-refractivity contribution in [2.24, 2.45) is 0 Å². The Labute approximate surface area is 151 Å². The Morgan fingerprint density at radius 3 is 2.40 bits per heavy atom. The molecule has 0 radical (unpaired) electrons. The average molecular weight is 344 g/mol. The Morgan fingerprint density at radius 1 is 1.12 bits per heavy atom. The fraction of sp³-hybridized carbons (Fsp3) is 0.667. The normalized spacial score (nSPS) is 20.1. The number of unbranched alkanes of at least 4 members (excludes halogenated alkanes) is 1. The molecular formula is C21H32N2O2. The van der Waals surface area contributed by atoms with E-state index in [1.807, 2.05) is 0 Å². The molecule has 2 fully saturated rings. The van der Waals surface area contributed by atoms with Crippen LogP contribution in [0.1, 0.15) is 48.8 Å². The fourth-order valence-electron chi connectivity index (χ4n) is 4.08. The van der Waals surface area contributed by atoms with E-state index in [4.69, 9.17) is 4.74 Å². The Kier molecular flexibility index (Phi) is 6.13. The molecule has 1 aromatic carbocycles. The van der Waals surface area contributed by atoms with Gasteiger partial charge >= 0.3 is 0 Å². The summed E-state index contributed by atoms with van der Waals surface area (Å²) >= 11 is 0. The van der Waals surface area contributed by atoms with Crippen LogP contribution in [0.15, 0.2) is 18.2 Å². The van der Waals surface area contributed by atoms with Gasteiger partial charge in [-0.15, -0.1) is 0 Å². The molecule has 1 aliphatic heterocycles. The number of aryl methyl sites for hydroxylation is 2. The molecule has 0 bridgehead atoms. The highest BCUT2D eigenvalue weighted by Crippen LogP contribution is 2.44. The molecule has 0 atom stereocenters. The highest BCUT2D eigenvalue weighted by atomic mass is 16.5. The van der Waals surface area contributed by atoms with Crippen LogP contribution >= 0.6 is 0 Å². The first-order valence-corrected chi connectivity index (χ1v) is 9.77. The van der Waals surface area contributed by atoms with Crippen molar-refractivity contribution >= 4 is 5.91 Å². The topological polar surface area (TPSA) is 41.6 Å². The van der Waals surface area contributed by atoms with Gasteiger partial charge < -0.3 is 10.1 Å². The lowest BCUT2D eigenvalue weighted by atomic mass is 9.63. The second-order valence-corrected chi connectivity index (χ2v) is 7.73. The summed E-state index contributed by atoms with van der Waals surface area (Å²) in [5.74, 6) is 0.232. The molecule has 0 spiro atoms. The van der Waals surface area contributed by atoms with Gasteiger partial charge in [0.2, 0.25) is 5.91 Å². The number of hydrogen-bond donors (Lipinski definition) is 1. The summed E-state index contributed by atoms with van der Waals surface area (Å²) in [5.41, 5.74) is 3.43. The van der Waals surface area contributed by atoms with Gasteiger partial charge in [-0.1, -0.05) is 35.7 Å². The fourth-order valence-corrected chi connectivity index (χ4v) is 4.08. The number of hydrogen-bond acceptors (Lipinski definition) is 3. The molecule has 1 N–H and O–H groups in total. The molecule has 0 unspecified atom stereocenters. The zero-order valence-electron chi connectivity index (χ0n) is 15.8. The van der Waals surface area contributed by atoms with Crippen molar-refractivity contribution in [3.63, 3.8) is 0 Å². The van der Waals surface area contributed by atoms with Gasteiger partial charge in [-0.25, -0.2) is 0 Å². The molecule has 3 rings (SSSR count). The van der Waals surface area contributed by atoms with E-state index < -0.39 is 0 Å². The second-order valence-electron chi connectivity index (χ2n) is 7.73. The summed E-state index contributed by atoms with van der Waals surface area (Å²) in [5, 5.41) is 3.22. The van der Waals surface area contributed by atoms with Gasteiger partial charge in [0.25, 0.3) is 0 Å². The predicted octanol–water partition coefficient (Wildman–Crippen LogP) is 2.95. The maximum absolute atomic E-state index is 12.9. The van der Waals surface area contributed by atoms with Crippen LogP contribution in [0.5, 0.6) is 0 Å². The molecular weight excluding hydrogens is 312 g/mol. The van der Waals surface area contributed by atoms with Gasteiger partial charge in [-0.2, -0.15) is 0 Å². The van der Waals surface area contributed by atoms with Crippen molar-refractivity contribution in [1.29, 1.82) is 0 Å². The highest BCUT2D eigenvalue weighted by molar-refractivity contribution is 5.89. The van der Waals surface area contributed by atoms with E-state index in [2.05, 4.69) is 42.3 Å². The van der Waals surface area contributed by atoms with Crippen molar-refractivity contribution in [2.45, 2.75) is 51.4 Å². The van der Waals surface area contributed by atoms with E-state index in [-0.39, 0.29) is 11.3 Å². The third-order valence-electron chi connectivity index (χ3n) is 5.71. The number of morpholine rings is 1. The zero-order valence-corrected chi connectivity index (χ0v) is 15.8. The largest absolute Gasteiger partial charge is 0.379 e. The Balaban J connectivity index is 1.47. The maximum Gasteiger partial charge on any atom is 0.230 e. The molecule has 1 heterocycles. The SMILES string of the molecule is Cc1cc(C)cc(C2(C(=O)NCCCCN3CCOCC3)CCC2)c1. The first-order valence-electron chi connectivity index (χ1n) is 9.77. The van der Waals surface area contributed by atoms with Crippen molar-refractivity contribution in [2.75, 3.05) is 39.4 Å². The van der Waals surface area contributed by atoms with E-state index >= 15 is 0 Å². The van der Waals surface area contributed by atoms with Crippen molar-refractivity contribution < 1.29 is 9.53 Å². The molecule has 0 aromatic heterocycles. The number of ether oxygens (including phenoxy) is 1. The van der Waals surface area contributed by atoms with Crippen molar-refractivity contribution in [3.05, 3.63) is 34.9 Å². The van der Waals surface area contributed by atoms with E-state index in [1.54, 1.807) is 0 Å². The lowest BCUT2D eigenvalue weighted by Crippen LogP contribution is -2.49. The maximum atomic E-state index is 12.9. The smallest absolute Gasteiger partial charge is 0.230 e. The predicted molar refractivity (Wildman–Crippen MR) is 101 cm³/mol. The first kappa shape index (κ1) is 18.4. The number of nitrogens with zero attached hydrogens (tertiary/aromatic N) is 1. The van der Waals surface area contributed by atoms with Crippen molar-refractivity contribution in [3.8, 4) is 0 Å². The Morgan fingerprint density at radius 2 is 1.80 bits per heavy atom. The van der Waals surface area contributed by atoms with E-state index in [0.29, 0.717) is 0 Å². The lowest BCUT2D eigenvalue weighted by molar-refractivity contribution is -0.129. The van der Waals surface area contributed by atoms with Crippen LogP contribution in [0, 0.1) is 13.8 Å². The van der Waals surface area contributed by atoms with Gasteiger partial charge in [0.05, 0.1) is 18.6 Å². The molecule has 1 saturated carbocycles. The number of benzene rings is 1. The molecule has 1 saturated heterocycles. The van der Waals surface area contributed by atoms with E-state index in [0.717, 1.165) is 71.5 Å². The minimum Gasteiger partial charge on any atom is -0.379 e. The van der Waals surface area contributed by atoms with Gasteiger partial charge in [-0.3, -0.25) is 9.69 Å². The van der Waals surface area contributed by atoms with Gasteiger partial charge in [0, 0.05) is 19.6 Å². The first-order chi connectivity index (χ1) is 12.1. The Bertz CT molecular complexity index is 569. The van der Waals surface area contributed by atoms with Crippen LogP contribution in [0.2, 0.25) is 0 Å². The number of carbonyl (C=O) groups is 1. The third-order valence-corrected chi connectivity index (χ3v) is 5.71. The standard InChI is InChI=1S/C21H32N2O2/c1-17-14-18(2)16-19(15-17)21(6-5-7-21)20(24)22-8-3-4-9-23-10-12-25-13-11-23/h14-16H,3-13H2,1-2H3,(H,22,24). The van der Waals surface area contributed by atoms with E-state index in [9.17, 15) is 4.79 Å². The van der Waals surface area contributed by atoms with Crippen LogP contribution in [-0.4, -0.2) is 50.2 Å². The minimum atomic E-state index is -0.277. The quantitative estimate of drug-likeness (QED) is 0.773. The second kappa shape index (κ2) is 8.33. The molecule has 25 heavy (non-hydrogen) atoms. The van der Waals surface area contributed by atoms with Crippen molar-refractivity contribution in [1.82, 2.24) is 10.2 Å².